The summed E-state index contributed by atoms with van der Waals surface area (Å²) in [7, 11) is 1.48. The van der Waals surface area contributed by atoms with Gasteiger partial charge in [-0.05, 0) is 54.4 Å². The number of amides is 3. The highest BCUT2D eigenvalue weighted by molar-refractivity contribution is 5.95. The fourth-order valence-corrected chi connectivity index (χ4v) is 5.39. The van der Waals surface area contributed by atoms with Crippen LogP contribution < -0.4 is 24.8 Å². The van der Waals surface area contributed by atoms with Crippen LogP contribution in [0.25, 0.3) is 11.4 Å². The van der Waals surface area contributed by atoms with Crippen molar-refractivity contribution in [1.29, 1.82) is 0 Å². The van der Waals surface area contributed by atoms with Gasteiger partial charge in [-0.15, -0.1) is 0 Å². The number of nitrogens with one attached hydrogen (secondary N) is 2. The third kappa shape index (κ3) is 7.42. The van der Waals surface area contributed by atoms with E-state index in [0.29, 0.717) is 61.1 Å². The number of carbonyl (C=O) groups excluding carboxylic acids is 3. The van der Waals surface area contributed by atoms with Gasteiger partial charge in [0.05, 0.1) is 13.2 Å². The number of pyridine rings is 1. The summed E-state index contributed by atoms with van der Waals surface area (Å²) in [6.45, 7) is 0.826. The first-order valence-electron chi connectivity index (χ1n) is 15.1. The minimum atomic E-state index is -0.492. The minimum absolute atomic E-state index is 0.0373. The Bertz CT molecular complexity index is 1680. The van der Waals surface area contributed by atoms with Gasteiger partial charge in [-0.1, -0.05) is 17.3 Å². The van der Waals surface area contributed by atoms with Crippen LogP contribution in [0.15, 0.2) is 71.5 Å². The smallest absolute Gasteiger partial charge is 0.258 e. The Morgan fingerprint density at radius 2 is 1.98 bits per heavy atom. The molecule has 2 aromatic heterocycles. The van der Waals surface area contributed by atoms with E-state index < -0.39 is 6.04 Å². The lowest BCUT2D eigenvalue weighted by molar-refractivity contribution is -0.133. The number of carbonyl (C=O) groups is 3. The number of ether oxygens (including phenoxy) is 3. The molecular formula is C33H34N6O7. The van der Waals surface area contributed by atoms with E-state index in [4.69, 9.17) is 18.7 Å². The van der Waals surface area contributed by atoms with Crippen molar-refractivity contribution in [3.63, 3.8) is 0 Å². The number of hydrogen-bond acceptors (Lipinski definition) is 10. The number of aromatic nitrogens is 3. The summed E-state index contributed by atoms with van der Waals surface area (Å²) in [5, 5.41) is 9.91. The van der Waals surface area contributed by atoms with Crippen LogP contribution in [-0.4, -0.2) is 76.7 Å². The monoisotopic (exact) mass is 626 g/mol. The van der Waals surface area contributed by atoms with E-state index in [1.165, 1.54) is 13.2 Å². The zero-order valence-electron chi connectivity index (χ0n) is 25.3. The molecule has 13 heteroatoms. The molecule has 1 saturated heterocycles. The van der Waals surface area contributed by atoms with Crippen molar-refractivity contribution >= 4 is 17.7 Å². The van der Waals surface area contributed by atoms with Crippen molar-refractivity contribution in [2.75, 3.05) is 26.8 Å². The molecule has 7 rings (SSSR count). The average Bonchev–Trinajstić information content (AvgIpc) is 3.56. The van der Waals surface area contributed by atoms with E-state index in [-0.39, 0.29) is 49.1 Å². The Labute approximate surface area is 265 Å². The molecular weight excluding hydrogens is 592 g/mol. The van der Waals surface area contributed by atoms with Crippen molar-refractivity contribution in [2.45, 2.75) is 44.4 Å². The van der Waals surface area contributed by atoms with Crippen molar-refractivity contribution < 1.29 is 33.1 Å². The first-order chi connectivity index (χ1) is 22.4. The van der Waals surface area contributed by atoms with Gasteiger partial charge in [0.1, 0.15) is 11.9 Å². The van der Waals surface area contributed by atoms with Crippen LogP contribution in [0, 0.1) is 0 Å². The Morgan fingerprint density at radius 1 is 1.11 bits per heavy atom. The summed E-state index contributed by atoms with van der Waals surface area (Å²) >= 11 is 0. The van der Waals surface area contributed by atoms with Crippen LogP contribution in [0.3, 0.4) is 0 Å². The van der Waals surface area contributed by atoms with Crippen molar-refractivity contribution in [3.8, 4) is 28.6 Å². The van der Waals surface area contributed by atoms with Gasteiger partial charge in [0.2, 0.25) is 17.6 Å². The van der Waals surface area contributed by atoms with Gasteiger partial charge in [0, 0.05) is 62.4 Å². The highest BCUT2D eigenvalue weighted by Gasteiger charge is 2.34. The molecule has 238 valence electrons. The van der Waals surface area contributed by atoms with Crippen LogP contribution >= 0.6 is 0 Å². The maximum Gasteiger partial charge on any atom is 0.258 e. The van der Waals surface area contributed by atoms with Crippen LogP contribution in [0.5, 0.6) is 17.2 Å². The fraction of sp³-hybridized carbons (Fsp3) is 0.333. The summed E-state index contributed by atoms with van der Waals surface area (Å²) in [6.07, 6.45) is 4.74. The van der Waals surface area contributed by atoms with E-state index in [0.717, 1.165) is 11.1 Å². The van der Waals surface area contributed by atoms with Crippen molar-refractivity contribution in [3.05, 3.63) is 84.0 Å². The molecule has 3 aliphatic heterocycles. The summed E-state index contributed by atoms with van der Waals surface area (Å²) < 4.78 is 22.8. The summed E-state index contributed by atoms with van der Waals surface area (Å²) in [6, 6.07) is 15.3. The predicted octanol–water partition coefficient (Wildman–Crippen LogP) is 2.95. The van der Waals surface area contributed by atoms with Crippen LogP contribution in [0.1, 0.15) is 41.1 Å². The van der Waals surface area contributed by atoms with Gasteiger partial charge in [0.25, 0.3) is 11.8 Å². The predicted molar refractivity (Wildman–Crippen MR) is 164 cm³/mol. The molecule has 0 saturated carbocycles. The molecule has 3 aliphatic rings. The van der Waals surface area contributed by atoms with Gasteiger partial charge < -0.3 is 34.3 Å². The zero-order chi connectivity index (χ0) is 31.9. The molecule has 2 N–H and O–H groups in total. The highest BCUT2D eigenvalue weighted by Crippen LogP contribution is 2.29. The molecule has 4 bridgehead atoms. The average molecular weight is 627 g/mol. The zero-order valence-corrected chi connectivity index (χ0v) is 25.3. The summed E-state index contributed by atoms with van der Waals surface area (Å²) in [5.74, 6) is 1.47. The molecule has 2 aromatic carbocycles. The third-order valence-corrected chi connectivity index (χ3v) is 7.87. The maximum absolute atomic E-state index is 13.5. The lowest BCUT2D eigenvalue weighted by Gasteiger charge is -2.39. The van der Waals surface area contributed by atoms with E-state index in [9.17, 15) is 14.4 Å². The van der Waals surface area contributed by atoms with Crippen LogP contribution in [0.2, 0.25) is 0 Å². The van der Waals surface area contributed by atoms with Gasteiger partial charge in [-0.25, -0.2) is 0 Å². The molecule has 1 fully saturated rings. The SMILES string of the molecule is COc1ccc2cc1OCC(=O)NCc1ccc(cc1)O[C@@H]1CCN(C(=O)CCCc3nc(-c4cccnc4)no3)C[C@@H]1NC2=O. The number of fused-ring (bicyclic) bond motifs is 7. The van der Waals surface area contributed by atoms with Gasteiger partial charge in [0.15, 0.2) is 18.1 Å². The summed E-state index contributed by atoms with van der Waals surface area (Å²) in [5.41, 5.74) is 1.97. The van der Waals surface area contributed by atoms with Gasteiger partial charge in [-0.3, -0.25) is 19.4 Å². The lowest BCUT2D eigenvalue weighted by Crippen LogP contribution is -2.58. The highest BCUT2D eigenvalue weighted by atomic mass is 16.5. The quantitative estimate of drug-likeness (QED) is 0.326. The second-order valence-electron chi connectivity index (χ2n) is 11.0. The normalized spacial score (nSPS) is 18.3. The van der Waals surface area contributed by atoms with Gasteiger partial charge in [-0.2, -0.15) is 4.98 Å². The largest absolute Gasteiger partial charge is 0.493 e. The second kappa shape index (κ2) is 14.1. The fourth-order valence-electron chi connectivity index (χ4n) is 5.39. The van der Waals surface area contributed by atoms with E-state index >= 15 is 0 Å². The molecule has 0 unspecified atom stereocenters. The second-order valence-corrected chi connectivity index (χ2v) is 11.0. The minimum Gasteiger partial charge on any atom is -0.493 e. The molecule has 46 heavy (non-hydrogen) atoms. The Kier molecular flexibility index (Phi) is 9.37. The Balaban J connectivity index is 1.14. The van der Waals surface area contributed by atoms with Crippen LogP contribution in [-0.2, 0) is 22.6 Å². The number of aryl methyl sites for hydroxylation is 1. The van der Waals surface area contributed by atoms with Crippen molar-refractivity contribution in [2.24, 2.45) is 0 Å². The molecule has 3 amide bonds. The van der Waals surface area contributed by atoms with E-state index in [1.54, 1.807) is 35.5 Å². The third-order valence-electron chi connectivity index (χ3n) is 7.87. The number of rotatable bonds is 6. The van der Waals surface area contributed by atoms with Gasteiger partial charge >= 0.3 is 0 Å². The van der Waals surface area contributed by atoms with E-state index in [1.807, 2.05) is 30.3 Å². The maximum atomic E-state index is 13.5. The topological polar surface area (TPSA) is 158 Å². The molecule has 0 aliphatic carbocycles. The molecule has 5 heterocycles. The Hall–Kier alpha value is -5.46. The summed E-state index contributed by atoms with van der Waals surface area (Å²) in [4.78, 5) is 49.5. The van der Waals surface area contributed by atoms with E-state index in [2.05, 4.69) is 25.8 Å². The van der Waals surface area contributed by atoms with Crippen molar-refractivity contribution in [1.82, 2.24) is 30.7 Å². The van der Waals surface area contributed by atoms with Crippen LogP contribution in [0.4, 0.5) is 0 Å². The standard InChI is InChI=1S/C33H34N6O7/c1-43-27-12-9-22-16-28(27)44-20-29(40)35-17-21-7-10-24(11-8-21)45-26-13-15-39(19-25(26)36-33(22)42)31(41)6-2-5-30-37-32(38-46-30)23-4-3-14-34-18-23/h3-4,7-12,14,16,18,25-26H,2,5-6,13,15,17,19-20H2,1H3,(H,35,40)(H,36,42)/t25-,26+/m0/s1. The number of nitrogens with zero attached hydrogens (tertiary/aromatic N) is 4. The molecule has 0 radical (unpaired) electrons. The first kappa shape index (κ1) is 30.6. The molecule has 0 spiro atoms. The Morgan fingerprint density at radius 3 is 2.78 bits per heavy atom. The molecule has 4 aromatic rings. The number of methoxy groups -OCH3 is 1. The number of hydrogen-bond donors (Lipinski definition) is 2. The number of benzene rings is 2. The number of piperidine rings is 1. The first-order valence-corrected chi connectivity index (χ1v) is 15.1. The molecule has 2 atom stereocenters. The lowest BCUT2D eigenvalue weighted by atomic mass is 10.00. The number of likely N-dealkylation sites (tertiary alicyclic amines) is 1. The molecule has 13 nitrogen and oxygen atoms in total.